The van der Waals surface area contributed by atoms with Crippen molar-refractivity contribution in [3.63, 3.8) is 0 Å². The predicted molar refractivity (Wildman–Crippen MR) is 117 cm³/mol. The average molecular weight is 482 g/mol. The molecular weight excluding hydrogens is 458 g/mol. The van der Waals surface area contributed by atoms with E-state index in [0.29, 0.717) is 21.8 Å². The lowest BCUT2D eigenvalue weighted by Gasteiger charge is -2.35. The Balaban J connectivity index is 1.68. The van der Waals surface area contributed by atoms with Crippen molar-refractivity contribution in [3.05, 3.63) is 33.5 Å². The highest BCUT2D eigenvalue weighted by atomic mass is 79.9. The molecule has 0 saturated carbocycles. The van der Waals surface area contributed by atoms with Crippen LogP contribution in [-0.4, -0.2) is 46.7 Å². The highest BCUT2D eigenvalue weighted by Crippen LogP contribution is 2.28. The number of piperidine rings is 1. The average Bonchev–Trinajstić information content (AvgIpc) is 3.07. The number of hydrogen-bond donors (Lipinski definition) is 2. The lowest BCUT2D eigenvalue weighted by Crippen LogP contribution is -2.49. The number of amides is 2. The standard InChI is InChI=1S/C19H24BrN5O3S/c1-19(2,3)28-18(27)22-12-5-4-8-25(10-12)15-6-7-21-9-13(15)23-16(26)14-11-29-17(20)24-14/h6-7,9,11-12H,4-5,8,10H2,1-3H3,(H,22,27)(H,23,26)/t12-/m0/s1. The summed E-state index contributed by atoms with van der Waals surface area (Å²) in [5.41, 5.74) is 1.28. The van der Waals surface area contributed by atoms with Crippen molar-refractivity contribution in [3.8, 4) is 0 Å². The summed E-state index contributed by atoms with van der Waals surface area (Å²) in [6.07, 6.45) is 4.68. The molecule has 0 spiro atoms. The van der Waals surface area contributed by atoms with Crippen molar-refractivity contribution < 1.29 is 14.3 Å². The predicted octanol–water partition coefficient (Wildman–Crippen LogP) is 4.05. The molecule has 2 N–H and O–H groups in total. The molecule has 10 heteroatoms. The Kier molecular flexibility index (Phi) is 6.74. The van der Waals surface area contributed by atoms with E-state index in [4.69, 9.17) is 4.74 Å². The molecule has 0 bridgehead atoms. The summed E-state index contributed by atoms with van der Waals surface area (Å²) in [5.74, 6) is -0.290. The summed E-state index contributed by atoms with van der Waals surface area (Å²) >= 11 is 4.62. The smallest absolute Gasteiger partial charge is 0.407 e. The number of hydrogen-bond acceptors (Lipinski definition) is 7. The highest BCUT2D eigenvalue weighted by Gasteiger charge is 2.26. The van der Waals surface area contributed by atoms with Crippen LogP contribution >= 0.6 is 27.3 Å². The maximum Gasteiger partial charge on any atom is 0.407 e. The Morgan fingerprint density at radius 3 is 2.86 bits per heavy atom. The van der Waals surface area contributed by atoms with Crippen molar-refractivity contribution in [2.75, 3.05) is 23.3 Å². The third kappa shape index (κ3) is 6.14. The number of halogens is 1. The van der Waals surface area contributed by atoms with E-state index in [1.54, 1.807) is 17.8 Å². The highest BCUT2D eigenvalue weighted by molar-refractivity contribution is 9.11. The number of nitrogens with one attached hydrogen (secondary N) is 2. The van der Waals surface area contributed by atoms with Gasteiger partial charge in [-0.05, 0) is 55.6 Å². The topological polar surface area (TPSA) is 96.5 Å². The molecule has 1 saturated heterocycles. The summed E-state index contributed by atoms with van der Waals surface area (Å²) in [6.45, 7) is 6.96. The maximum atomic E-state index is 12.5. The minimum atomic E-state index is -0.536. The molecule has 8 nitrogen and oxygen atoms in total. The Labute approximate surface area is 182 Å². The minimum Gasteiger partial charge on any atom is -0.444 e. The van der Waals surface area contributed by atoms with Gasteiger partial charge in [0.1, 0.15) is 11.3 Å². The first-order valence-electron chi connectivity index (χ1n) is 9.32. The first kappa shape index (κ1) is 21.5. The number of thiazole rings is 1. The van der Waals surface area contributed by atoms with Crippen molar-refractivity contribution in [2.24, 2.45) is 0 Å². The fourth-order valence-corrected chi connectivity index (χ4v) is 4.08. The van der Waals surface area contributed by atoms with Gasteiger partial charge in [-0.2, -0.15) is 0 Å². The van der Waals surface area contributed by atoms with Gasteiger partial charge in [0.2, 0.25) is 0 Å². The van der Waals surface area contributed by atoms with Gasteiger partial charge >= 0.3 is 6.09 Å². The number of carbonyl (C=O) groups excluding carboxylic acids is 2. The Morgan fingerprint density at radius 1 is 1.38 bits per heavy atom. The zero-order valence-electron chi connectivity index (χ0n) is 16.6. The largest absolute Gasteiger partial charge is 0.444 e. The van der Waals surface area contributed by atoms with Crippen LogP contribution in [0.15, 0.2) is 27.8 Å². The molecule has 29 heavy (non-hydrogen) atoms. The minimum absolute atomic E-state index is 0.0372. The summed E-state index contributed by atoms with van der Waals surface area (Å²) in [5, 5.41) is 7.53. The Morgan fingerprint density at radius 2 is 2.17 bits per heavy atom. The molecule has 0 unspecified atom stereocenters. The molecule has 156 valence electrons. The van der Waals surface area contributed by atoms with Crippen LogP contribution in [0.2, 0.25) is 0 Å². The molecule has 1 aliphatic heterocycles. The van der Waals surface area contributed by atoms with Gasteiger partial charge in [-0.3, -0.25) is 9.78 Å². The van der Waals surface area contributed by atoms with Gasteiger partial charge in [-0.25, -0.2) is 9.78 Å². The molecule has 0 radical (unpaired) electrons. The van der Waals surface area contributed by atoms with Crippen LogP contribution in [0.25, 0.3) is 0 Å². The van der Waals surface area contributed by atoms with Gasteiger partial charge < -0.3 is 20.3 Å². The Bertz CT molecular complexity index is 883. The van der Waals surface area contributed by atoms with Gasteiger partial charge in [-0.15, -0.1) is 11.3 Å². The van der Waals surface area contributed by atoms with Crippen LogP contribution < -0.4 is 15.5 Å². The first-order chi connectivity index (χ1) is 13.7. The van der Waals surface area contributed by atoms with Gasteiger partial charge in [0, 0.05) is 30.7 Å². The van der Waals surface area contributed by atoms with Crippen LogP contribution in [0.1, 0.15) is 44.1 Å². The molecule has 1 atom stereocenters. The van der Waals surface area contributed by atoms with Crippen LogP contribution in [0, 0.1) is 0 Å². The summed E-state index contributed by atoms with van der Waals surface area (Å²) in [6, 6.07) is 1.83. The molecule has 3 heterocycles. The summed E-state index contributed by atoms with van der Waals surface area (Å²) in [7, 11) is 0. The number of anilines is 2. The normalized spacial score (nSPS) is 17.0. The quantitative estimate of drug-likeness (QED) is 0.683. The van der Waals surface area contributed by atoms with E-state index in [-0.39, 0.29) is 11.9 Å². The first-order valence-corrected chi connectivity index (χ1v) is 11.0. The lowest BCUT2D eigenvalue weighted by atomic mass is 10.0. The van der Waals surface area contributed by atoms with Crippen molar-refractivity contribution in [2.45, 2.75) is 45.3 Å². The second kappa shape index (κ2) is 9.08. The van der Waals surface area contributed by atoms with E-state index in [0.717, 1.165) is 25.1 Å². The molecule has 2 amide bonds. The Hall–Kier alpha value is -2.20. The summed E-state index contributed by atoms with van der Waals surface area (Å²) < 4.78 is 6.02. The number of rotatable bonds is 4. The van der Waals surface area contributed by atoms with Gasteiger partial charge in [0.25, 0.3) is 5.91 Å². The molecule has 1 fully saturated rings. The van der Waals surface area contributed by atoms with Gasteiger partial charge in [0.05, 0.1) is 17.6 Å². The third-order valence-corrected chi connectivity index (χ3v) is 5.60. The zero-order valence-corrected chi connectivity index (χ0v) is 19.0. The zero-order chi connectivity index (χ0) is 21.0. The maximum absolute atomic E-state index is 12.5. The molecule has 2 aromatic heterocycles. The molecular formula is C19H24BrN5O3S. The molecule has 3 rings (SSSR count). The van der Waals surface area contributed by atoms with E-state index in [9.17, 15) is 9.59 Å². The second-order valence-electron chi connectivity index (χ2n) is 7.76. The summed E-state index contributed by atoms with van der Waals surface area (Å²) in [4.78, 5) is 35.0. The fourth-order valence-electron chi connectivity index (χ4n) is 3.09. The molecule has 1 aliphatic rings. The SMILES string of the molecule is CC(C)(C)OC(=O)N[C@H]1CCCN(c2ccncc2NC(=O)c2csc(Br)n2)C1. The van der Waals surface area contributed by atoms with Crippen molar-refractivity contribution in [1.82, 2.24) is 15.3 Å². The number of alkyl carbamates (subject to hydrolysis) is 1. The third-order valence-electron chi connectivity index (χ3n) is 4.24. The van der Waals surface area contributed by atoms with E-state index in [1.807, 2.05) is 26.8 Å². The second-order valence-corrected chi connectivity index (χ2v) is 9.90. The molecule has 0 aliphatic carbocycles. The molecule has 0 aromatic carbocycles. The number of nitrogens with zero attached hydrogens (tertiary/aromatic N) is 3. The van der Waals surface area contributed by atoms with Crippen molar-refractivity contribution >= 4 is 50.6 Å². The van der Waals surface area contributed by atoms with Crippen LogP contribution in [0.5, 0.6) is 0 Å². The number of ether oxygens (including phenoxy) is 1. The number of carbonyl (C=O) groups is 2. The lowest BCUT2D eigenvalue weighted by molar-refractivity contribution is 0.0500. The van der Waals surface area contributed by atoms with E-state index in [1.165, 1.54) is 11.3 Å². The van der Waals surface area contributed by atoms with Crippen LogP contribution in [0.3, 0.4) is 0 Å². The van der Waals surface area contributed by atoms with E-state index in [2.05, 4.69) is 41.4 Å². The molecule has 2 aromatic rings. The van der Waals surface area contributed by atoms with Crippen LogP contribution in [-0.2, 0) is 4.74 Å². The van der Waals surface area contributed by atoms with E-state index < -0.39 is 11.7 Å². The number of pyridine rings is 1. The monoisotopic (exact) mass is 481 g/mol. The fraction of sp³-hybridized carbons (Fsp3) is 0.474. The van der Waals surface area contributed by atoms with Gasteiger partial charge in [0.15, 0.2) is 3.92 Å². The van der Waals surface area contributed by atoms with Crippen molar-refractivity contribution in [1.29, 1.82) is 0 Å². The van der Waals surface area contributed by atoms with Gasteiger partial charge in [-0.1, -0.05) is 0 Å². The van der Waals surface area contributed by atoms with E-state index >= 15 is 0 Å². The number of aromatic nitrogens is 2. The van der Waals surface area contributed by atoms with Crippen LogP contribution in [0.4, 0.5) is 16.2 Å².